The van der Waals surface area contributed by atoms with Crippen molar-refractivity contribution < 1.29 is 9.53 Å². The number of pyridine rings is 1. The fraction of sp³-hybridized carbons (Fsp3) is 0.647. The van der Waals surface area contributed by atoms with Crippen molar-refractivity contribution in [2.24, 2.45) is 0 Å². The third-order valence-corrected chi connectivity index (χ3v) is 4.52. The fourth-order valence-corrected chi connectivity index (χ4v) is 3.21. The Bertz CT molecular complexity index is 491. The Morgan fingerprint density at radius 2 is 2.22 bits per heavy atom. The van der Waals surface area contributed by atoms with Crippen LogP contribution in [0.5, 0.6) is 0 Å². The van der Waals surface area contributed by atoms with Crippen LogP contribution in [0.25, 0.3) is 0 Å². The molecule has 2 saturated heterocycles. The van der Waals surface area contributed by atoms with Crippen LogP contribution in [0.1, 0.15) is 25.7 Å². The van der Waals surface area contributed by atoms with Crippen molar-refractivity contribution in [2.75, 3.05) is 44.2 Å². The topological polar surface area (TPSA) is 57.7 Å². The number of aromatic nitrogens is 1. The van der Waals surface area contributed by atoms with E-state index in [0.29, 0.717) is 12.6 Å². The molecule has 1 aromatic rings. The zero-order valence-electron chi connectivity index (χ0n) is 13.6. The second-order valence-corrected chi connectivity index (χ2v) is 6.17. The molecule has 6 heteroatoms. The Hall–Kier alpha value is -1.82. The molecule has 2 fully saturated rings. The molecular formula is C17H26N4O2. The Morgan fingerprint density at radius 1 is 1.26 bits per heavy atom. The van der Waals surface area contributed by atoms with Crippen molar-refractivity contribution in [1.29, 1.82) is 0 Å². The van der Waals surface area contributed by atoms with Gasteiger partial charge in [-0.1, -0.05) is 6.07 Å². The minimum atomic E-state index is 0.0471. The summed E-state index contributed by atoms with van der Waals surface area (Å²) in [4.78, 5) is 20.9. The lowest BCUT2D eigenvalue weighted by Crippen LogP contribution is -2.42. The van der Waals surface area contributed by atoms with Crippen molar-refractivity contribution in [3.63, 3.8) is 0 Å². The Kier molecular flexibility index (Phi) is 5.69. The molecule has 2 amide bonds. The molecule has 2 aliphatic rings. The maximum absolute atomic E-state index is 12.3. The average molecular weight is 318 g/mol. The van der Waals surface area contributed by atoms with Gasteiger partial charge in [0, 0.05) is 45.5 Å². The molecule has 1 atom stereocenters. The molecule has 0 aliphatic carbocycles. The highest BCUT2D eigenvalue weighted by Crippen LogP contribution is 2.15. The SMILES string of the molecule is O=C(NCCC1CCCO1)N1CCCN(c2ccccn2)CC1. The molecule has 0 aromatic carbocycles. The van der Waals surface area contributed by atoms with E-state index in [9.17, 15) is 4.79 Å². The summed E-state index contributed by atoms with van der Waals surface area (Å²) in [6.07, 6.45) is 6.30. The molecule has 2 aliphatic heterocycles. The van der Waals surface area contributed by atoms with Crippen LogP contribution >= 0.6 is 0 Å². The van der Waals surface area contributed by atoms with Gasteiger partial charge < -0.3 is 19.9 Å². The van der Waals surface area contributed by atoms with Gasteiger partial charge in [0.25, 0.3) is 0 Å². The number of urea groups is 1. The van der Waals surface area contributed by atoms with Gasteiger partial charge in [0.15, 0.2) is 0 Å². The number of amides is 2. The highest BCUT2D eigenvalue weighted by molar-refractivity contribution is 5.74. The second kappa shape index (κ2) is 8.15. The smallest absolute Gasteiger partial charge is 0.317 e. The number of ether oxygens (including phenoxy) is 1. The van der Waals surface area contributed by atoms with Crippen molar-refractivity contribution in [3.8, 4) is 0 Å². The van der Waals surface area contributed by atoms with Gasteiger partial charge >= 0.3 is 6.03 Å². The van der Waals surface area contributed by atoms with E-state index < -0.39 is 0 Å². The summed E-state index contributed by atoms with van der Waals surface area (Å²) in [6, 6.07) is 6.00. The van der Waals surface area contributed by atoms with Gasteiger partial charge in [0.2, 0.25) is 0 Å². The van der Waals surface area contributed by atoms with E-state index in [1.807, 2.05) is 29.3 Å². The Labute approximate surface area is 137 Å². The van der Waals surface area contributed by atoms with Crippen molar-refractivity contribution in [3.05, 3.63) is 24.4 Å². The van der Waals surface area contributed by atoms with E-state index in [-0.39, 0.29) is 6.03 Å². The number of anilines is 1. The summed E-state index contributed by atoms with van der Waals surface area (Å²) < 4.78 is 5.58. The van der Waals surface area contributed by atoms with Crippen LogP contribution in [0.3, 0.4) is 0 Å². The van der Waals surface area contributed by atoms with E-state index in [0.717, 1.165) is 64.3 Å². The van der Waals surface area contributed by atoms with E-state index in [2.05, 4.69) is 15.2 Å². The summed E-state index contributed by atoms with van der Waals surface area (Å²) >= 11 is 0. The number of nitrogens with zero attached hydrogens (tertiary/aromatic N) is 3. The first-order valence-electron chi connectivity index (χ1n) is 8.63. The number of carbonyl (C=O) groups is 1. The normalized spacial score (nSPS) is 22.0. The van der Waals surface area contributed by atoms with E-state index >= 15 is 0 Å². The van der Waals surface area contributed by atoms with Gasteiger partial charge in [-0.2, -0.15) is 0 Å². The van der Waals surface area contributed by atoms with Crippen LogP contribution in [-0.4, -0.2) is 61.3 Å². The third kappa shape index (κ3) is 4.58. The lowest BCUT2D eigenvalue weighted by molar-refractivity contribution is 0.104. The van der Waals surface area contributed by atoms with Gasteiger partial charge in [-0.3, -0.25) is 0 Å². The molecule has 1 unspecified atom stereocenters. The first-order valence-corrected chi connectivity index (χ1v) is 8.63. The second-order valence-electron chi connectivity index (χ2n) is 6.17. The monoisotopic (exact) mass is 318 g/mol. The van der Waals surface area contributed by atoms with Gasteiger partial charge in [-0.05, 0) is 37.8 Å². The number of nitrogens with one attached hydrogen (secondary N) is 1. The zero-order chi connectivity index (χ0) is 15.9. The summed E-state index contributed by atoms with van der Waals surface area (Å²) in [5.41, 5.74) is 0. The maximum atomic E-state index is 12.3. The molecule has 6 nitrogen and oxygen atoms in total. The number of rotatable bonds is 4. The van der Waals surface area contributed by atoms with Crippen molar-refractivity contribution in [1.82, 2.24) is 15.2 Å². The first kappa shape index (κ1) is 16.1. The van der Waals surface area contributed by atoms with Crippen molar-refractivity contribution >= 4 is 11.8 Å². The first-order chi connectivity index (χ1) is 11.3. The molecule has 126 valence electrons. The molecule has 0 spiro atoms. The summed E-state index contributed by atoms with van der Waals surface area (Å²) in [6.45, 7) is 4.88. The zero-order valence-corrected chi connectivity index (χ0v) is 13.6. The predicted octanol–water partition coefficient (Wildman–Crippen LogP) is 1.87. The molecule has 0 bridgehead atoms. The molecule has 0 radical (unpaired) electrons. The van der Waals surface area contributed by atoms with Gasteiger partial charge in [0.05, 0.1) is 6.10 Å². The number of hydrogen-bond donors (Lipinski definition) is 1. The minimum absolute atomic E-state index is 0.0471. The standard InChI is InChI=1S/C17H26N4O2/c22-17(19-9-7-15-5-3-14-23-15)21-11-4-10-20(12-13-21)16-6-1-2-8-18-16/h1-2,6,8,15H,3-5,7,9-14H2,(H,19,22). The highest BCUT2D eigenvalue weighted by Gasteiger charge is 2.20. The van der Waals surface area contributed by atoms with E-state index in [1.54, 1.807) is 0 Å². The largest absolute Gasteiger partial charge is 0.378 e. The summed E-state index contributed by atoms with van der Waals surface area (Å²) in [5, 5.41) is 3.03. The molecule has 1 aromatic heterocycles. The van der Waals surface area contributed by atoms with Gasteiger partial charge in [-0.15, -0.1) is 0 Å². The third-order valence-electron chi connectivity index (χ3n) is 4.52. The summed E-state index contributed by atoms with van der Waals surface area (Å²) in [5.74, 6) is 0.994. The minimum Gasteiger partial charge on any atom is -0.378 e. The van der Waals surface area contributed by atoms with Crippen LogP contribution in [0, 0.1) is 0 Å². The molecule has 3 heterocycles. The fourth-order valence-electron chi connectivity index (χ4n) is 3.21. The van der Waals surface area contributed by atoms with Crippen LogP contribution in [0.15, 0.2) is 24.4 Å². The summed E-state index contributed by atoms with van der Waals surface area (Å²) in [7, 11) is 0. The molecular weight excluding hydrogens is 292 g/mol. The quantitative estimate of drug-likeness (QED) is 0.921. The van der Waals surface area contributed by atoms with Crippen LogP contribution in [0.4, 0.5) is 10.6 Å². The lowest BCUT2D eigenvalue weighted by atomic mass is 10.2. The Morgan fingerprint density at radius 3 is 3.00 bits per heavy atom. The Balaban J connectivity index is 1.42. The van der Waals surface area contributed by atoms with E-state index in [4.69, 9.17) is 4.74 Å². The van der Waals surface area contributed by atoms with Gasteiger partial charge in [-0.25, -0.2) is 9.78 Å². The molecule has 1 N–H and O–H groups in total. The molecule has 3 rings (SSSR count). The molecule has 0 saturated carbocycles. The van der Waals surface area contributed by atoms with Crippen LogP contribution < -0.4 is 10.2 Å². The van der Waals surface area contributed by atoms with Gasteiger partial charge in [0.1, 0.15) is 5.82 Å². The van der Waals surface area contributed by atoms with Crippen LogP contribution in [0.2, 0.25) is 0 Å². The average Bonchev–Trinajstić information content (AvgIpc) is 2.97. The maximum Gasteiger partial charge on any atom is 0.317 e. The van der Waals surface area contributed by atoms with E-state index in [1.165, 1.54) is 0 Å². The lowest BCUT2D eigenvalue weighted by Gasteiger charge is -2.23. The highest BCUT2D eigenvalue weighted by atomic mass is 16.5. The number of carbonyl (C=O) groups excluding carboxylic acids is 1. The van der Waals surface area contributed by atoms with Crippen LogP contribution in [-0.2, 0) is 4.74 Å². The van der Waals surface area contributed by atoms with Crippen molar-refractivity contribution in [2.45, 2.75) is 31.8 Å². The molecule has 23 heavy (non-hydrogen) atoms. The number of hydrogen-bond acceptors (Lipinski definition) is 4. The predicted molar refractivity (Wildman–Crippen MR) is 89.6 cm³/mol.